The first-order valence-corrected chi connectivity index (χ1v) is 8.64. The van der Waals surface area contributed by atoms with Crippen molar-refractivity contribution in [3.05, 3.63) is 71.5 Å². The Morgan fingerprint density at radius 2 is 1.81 bits per heavy atom. The Morgan fingerprint density at radius 3 is 2.46 bits per heavy atom. The van der Waals surface area contributed by atoms with Crippen molar-refractivity contribution in [2.24, 2.45) is 11.7 Å². The highest BCUT2D eigenvalue weighted by Gasteiger charge is 2.33. The van der Waals surface area contributed by atoms with Crippen molar-refractivity contribution < 1.29 is 9.18 Å². The van der Waals surface area contributed by atoms with Crippen LogP contribution in [0.15, 0.2) is 54.6 Å². The fraction of sp³-hybridized carbons (Fsp3) is 0.350. The number of likely N-dealkylation sites (tertiary alicyclic amines) is 1. The Kier molecular flexibility index (Phi) is 7.57. The van der Waals surface area contributed by atoms with Crippen LogP contribution in [0.25, 0.3) is 0 Å². The van der Waals surface area contributed by atoms with Gasteiger partial charge in [-0.05, 0) is 35.7 Å². The largest absolute Gasteiger partial charge is 0.351 e. The molecule has 0 aliphatic carbocycles. The van der Waals surface area contributed by atoms with E-state index in [9.17, 15) is 9.18 Å². The van der Waals surface area contributed by atoms with Crippen molar-refractivity contribution in [3.63, 3.8) is 0 Å². The van der Waals surface area contributed by atoms with Gasteiger partial charge < -0.3 is 11.1 Å². The highest BCUT2D eigenvalue weighted by atomic mass is 35.5. The van der Waals surface area contributed by atoms with Crippen molar-refractivity contribution >= 4 is 18.3 Å². The average molecular weight is 378 g/mol. The molecule has 0 spiro atoms. The summed E-state index contributed by atoms with van der Waals surface area (Å²) in [5, 5.41) is 2.90. The number of amides is 1. The fourth-order valence-electron chi connectivity index (χ4n) is 3.47. The Labute approximate surface area is 160 Å². The van der Waals surface area contributed by atoms with Gasteiger partial charge in [-0.2, -0.15) is 0 Å². The van der Waals surface area contributed by atoms with E-state index in [1.807, 2.05) is 18.2 Å². The van der Waals surface area contributed by atoms with Crippen LogP contribution in [0.3, 0.4) is 0 Å². The van der Waals surface area contributed by atoms with E-state index in [1.54, 1.807) is 12.1 Å². The third kappa shape index (κ3) is 5.27. The van der Waals surface area contributed by atoms with Gasteiger partial charge in [0.15, 0.2) is 0 Å². The molecule has 1 aliphatic rings. The molecule has 1 amide bonds. The molecule has 140 valence electrons. The summed E-state index contributed by atoms with van der Waals surface area (Å²) >= 11 is 0. The maximum Gasteiger partial charge on any atom is 0.234 e. The molecule has 6 heteroatoms. The predicted molar refractivity (Wildman–Crippen MR) is 104 cm³/mol. The Bertz CT molecular complexity index is 696. The smallest absolute Gasteiger partial charge is 0.234 e. The molecule has 2 atom stereocenters. The molecule has 1 heterocycles. The summed E-state index contributed by atoms with van der Waals surface area (Å²) in [6.45, 7) is 3.07. The third-order valence-corrected chi connectivity index (χ3v) is 4.82. The molecule has 1 fully saturated rings. The van der Waals surface area contributed by atoms with E-state index in [0.29, 0.717) is 31.5 Å². The Balaban J connectivity index is 0.00000243. The molecule has 4 nitrogen and oxygen atoms in total. The van der Waals surface area contributed by atoms with Crippen LogP contribution < -0.4 is 11.1 Å². The first kappa shape index (κ1) is 20.4. The number of nitrogens with two attached hydrogens (primary N) is 1. The van der Waals surface area contributed by atoms with E-state index in [0.717, 1.165) is 18.7 Å². The minimum atomic E-state index is -0.271. The van der Waals surface area contributed by atoms with E-state index in [-0.39, 0.29) is 24.1 Å². The van der Waals surface area contributed by atoms with Gasteiger partial charge in [-0.1, -0.05) is 42.5 Å². The minimum Gasteiger partial charge on any atom is -0.351 e. The highest BCUT2D eigenvalue weighted by molar-refractivity contribution is 5.85. The molecule has 2 aromatic carbocycles. The van der Waals surface area contributed by atoms with Gasteiger partial charge >= 0.3 is 0 Å². The molecule has 0 saturated carbocycles. The quantitative estimate of drug-likeness (QED) is 0.813. The molecule has 3 N–H and O–H groups in total. The summed E-state index contributed by atoms with van der Waals surface area (Å²) in [5.74, 6) is 0.448. The number of halogens is 2. The van der Waals surface area contributed by atoms with Crippen LogP contribution in [0.2, 0.25) is 0 Å². The van der Waals surface area contributed by atoms with Gasteiger partial charge in [-0.3, -0.25) is 9.69 Å². The molecule has 0 aromatic heterocycles. The van der Waals surface area contributed by atoms with Gasteiger partial charge in [0.25, 0.3) is 0 Å². The van der Waals surface area contributed by atoms with Gasteiger partial charge in [0, 0.05) is 25.6 Å². The second-order valence-electron chi connectivity index (χ2n) is 6.61. The zero-order valence-corrected chi connectivity index (χ0v) is 15.4. The molecule has 1 aliphatic heterocycles. The molecule has 2 aromatic rings. The van der Waals surface area contributed by atoms with Gasteiger partial charge in [0.2, 0.25) is 5.91 Å². The molecule has 0 bridgehead atoms. The summed E-state index contributed by atoms with van der Waals surface area (Å²) < 4.78 is 12.9. The van der Waals surface area contributed by atoms with Crippen LogP contribution in [-0.2, 0) is 11.3 Å². The maximum atomic E-state index is 12.9. The third-order valence-electron chi connectivity index (χ3n) is 4.82. The van der Waals surface area contributed by atoms with Gasteiger partial charge in [-0.25, -0.2) is 4.39 Å². The van der Waals surface area contributed by atoms with E-state index in [2.05, 4.69) is 22.3 Å². The lowest BCUT2D eigenvalue weighted by Crippen LogP contribution is -2.36. The zero-order valence-electron chi connectivity index (χ0n) is 14.6. The lowest BCUT2D eigenvalue weighted by atomic mass is 9.89. The minimum absolute atomic E-state index is 0. The van der Waals surface area contributed by atoms with E-state index < -0.39 is 0 Å². The summed E-state index contributed by atoms with van der Waals surface area (Å²) in [6, 6.07) is 16.5. The average Bonchev–Trinajstić information content (AvgIpc) is 3.05. The van der Waals surface area contributed by atoms with E-state index in [4.69, 9.17) is 5.73 Å². The number of carbonyl (C=O) groups is 1. The van der Waals surface area contributed by atoms with Crippen LogP contribution in [0.5, 0.6) is 0 Å². The summed E-state index contributed by atoms with van der Waals surface area (Å²) in [6.07, 6.45) is 0. The highest BCUT2D eigenvalue weighted by Crippen LogP contribution is 2.31. The fourth-order valence-corrected chi connectivity index (χ4v) is 3.47. The van der Waals surface area contributed by atoms with Crippen LogP contribution >= 0.6 is 12.4 Å². The van der Waals surface area contributed by atoms with E-state index >= 15 is 0 Å². The summed E-state index contributed by atoms with van der Waals surface area (Å²) in [5.41, 5.74) is 8.12. The number of rotatable bonds is 6. The van der Waals surface area contributed by atoms with Crippen molar-refractivity contribution in [2.75, 3.05) is 26.2 Å². The SMILES string of the molecule is Cl.NC[C@@H]1CN(CC(=O)NCc2ccc(F)cc2)C[C@H]1c1ccccc1. The molecule has 0 radical (unpaired) electrons. The lowest BCUT2D eigenvalue weighted by Gasteiger charge is -2.16. The van der Waals surface area contributed by atoms with Gasteiger partial charge in [0.05, 0.1) is 6.54 Å². The monoisotopic (exact) mass is 377 g/mol. The van der Waals surface area contributed by atoms with Crippen LogP contribution in [0, 0.1) is 11.7 Å². The standard InChI is InChI=1S/C20H24FN3O.ClH/c21-18-8-6-15(7-9-18)11-23-20(25)14-24-12-17(10-22)19(13-24)16-4-2-1-3-5-16;/h1-9,17,19H,10-14,22H2,(H,23,25);1H/t17-,19+;/m1./s1. The second-order valence-corrected chi connectivity index (χ2v) is 6.61. The number of hydrogen-bond acceptors (Lipinski definition) is 3. The zero-order chi connectivity index (χ0) is 17.6. The van der Waals surface area contributed by atoms with Crippen molar-refractivity contribution in [2.45, 2.75) is 12.5 Å². The number of carbonyl (C=O) groups excluding carboxylic acids is 1. The first-order chi connectivity index (χ1) is 12.2. The van der Waals surface area contributed by atoms with Crippen LogP contribution in [0.4, 0.5) is 4.39 Å². The lowest BCUT2D eigenvalue weighted by molar-refractivity contribution is -0.122. The summed E-state index contributed by atoms with van der Waals surface area (Å²) in [4.78, 5) is 14.4. The van der Waals surface area contributed by atoms with E-state index in [1.165, 1.54) is 17.7 Å². The molecular formula is C20H25ClFN3O. The van der Waals surface area contributed by atoms with Crippen LogP contribution in [0.1, 0.15) is 17.0 Å². The van der Waals surface area contributed by atoms with Gasteiger partial charge in [0.1, 0.15) is 5.82 Å². The molecular weight excluding hydrogens is 353 g/mol. The summed E-state index contributed by atoms with van der Waals surface area (Å²) in [7, 11) is 0. The molecule has 26 heavy (non-hydrogen) atoms. The van der Waals surface area contributed by atoms with Gasteiger partial charge in [-0.15, -0.1) is 12.4 Å². The molecule has 1 saturated heterocycles. The second kappa shape index (κ2) is 9.67. The van der Waals surface area contributed by atoms with Crippen molar-refractivity contribution in [1.82, 2.24) is 10.2 Å². The number of nitrogens with zero attached hydrogens (tertiary/aromatic N) is 1. The Morgan fingerprint density at radius 1 is 1.12 bits per heavy atom. The predicted octanol–water partition coefficient (Wildman–Crippen LogP) is 2.54. The number of hydrogen-bond donors (Lipinski definition) is 2. The number of benzene rings is 2. The Hall–Kier alpha value is -1.95. The molecule has 0 unspecified atom stereocenters. The normalized spacial score (nSPS) is 19.8. The topological polar surface area (TPSA) is 58.4 Å². The van der Waals surface area contributed by atoms with Crippen molar-refractivity contribution in [3.8, 4) is 0 Å². The maximum absolute atomic E-state index is 12.9. The van der Waals surface area contributed by atoms with Crippen molar-refractivity contribution in [1.29, 1.82) is 0 Å². The van der Waals surface area contributed by atoms with Crippen LogP contribution in [-0.4, -0.2) is 37.0 Å². The first-order valence-electron chi connectivity index (χ1n) is 8.64. The number of nitrogens with one attached hydrogen (secondary N) is 1. The molecule has 3 rings (SSSR count).